The summed E-state index contributed by atoms with van der Waals surface area (Å²) in [5.74, 6) is 0.676. The fraction of sp³-hybridized carbons (Fsp3) is 0.0714. The number of methoxy groups -OCH3 is 1. The summed E-state index contributed by atoms with van der Waals surface area (Å²) < 4.78 is 5.08. The van der Waals surface area contributed by atoms with Gasteiger partial charge in [-0.3, -0.25) is 4.79 Å². The Hall–Kier alpha value is -1.87. The standard InChI is InChI=1S/C14H12O2S/c1-16-13-4-2-3-12(9-13)14(15)6-5-11-7-8-17-10-11/h2-10H,1H3/b6-5+. The summed E-state index contributed by atoms with van der Waals surface area (Å²) in [7, 11) is 1.59. The Kier molecular flexibility index (Phi) is 3.73. The van der Waals surface area contributed by atoms with E-state index in [9.17, 15) is 4.79 Å². The van der Waals surface area contributed by atoms with Crippen LogP contribution in [0, 0.1) is 0 Å². The number of ether oxygens (including phenoxy) is 1. The van der Waals surface area contributed by atoms with E-state index in [1.165, 1.54) is 0 Å². The van der Waals surface area contributed by atoms with Gasteiger partial charge in [0, 0.05) is 5.56 Å². The number of thiophene rings is 1. The molecule has 1 heterocycles. The monoisotopic (exact) mass is 244 g/mol. The topological polar surface area (TPSA) is 26.3 Å². The van der Waals surface area contributed by atoms with Crippen molar-refractivity contribution >= 4 is 23.2 Å². The van der Waals surface area contributed by atoms with Crippen molar-refractivity contribution in [2.45, 2.75) is 0 Å². The highest BCUT2D eigenvalue weighted by Crippen LogP contribution is 2.14. The smallest absolute Gasteiger partial charge is 0.185 e. The Morgan fingerprint density at radius 2 is 2.24 bits per heavy atom. The van der Waals surface area contributed by atoms with E-state index in [-0.39, 0.29) is 5.78 Å². The van der Waals surface area contributed by atoms with Gasteiger partial charge in [0.25, 0.3) is 0 Å². The van der Waals surface area contributed by atoms with E-state index >= 15 is 0 Å². The molecule has 1 aromatic heterocycles. The molecule has 0 amide bonds. The zero-order chi connectivity index (χ0) is 12.1. The third-order valence-corrected chi connectivity index (χ3v) is 3.03. The number of hydrogen-bond donors (Lipinski definition) is 0. The minimum absolute atomic E-state index is 0.0184. The first-order valence-electron chi connectivity index (χ1n) is 5.18. The van der Waals surface area contributed by atoms with Crippen LogP contribution in [0.3, 0.4) is 0 Å². The lowest BCUT2D eigenvalue weighted by molar-refractivity contribution is 0.104. The molecular weight excluding hydrogens is 232 g/mol. The lowest BCUT2D eigenvalue weighted by Gasteiger charge is -2.00. The summed E-state index contributed by atoms with van der Waals surface area (Å²) >= 11 is 1.61. The zero-order valence-electron chi connectivity index (χ0n) is 9.42. The number of carbonyl (C=O) groups excluding carboxylic acids is 1. The quantitative estimate of drug-likeness (QED) is 0.606. The highest BCUT2D eigenvalue weighted by atomic mass is 32.1. The lowest BCUT2D eigenvalue weighted by Crippen LogP contribution is -1.94. The molecule has 0 N–H and O–H groups in total. The molecule has 86 valence electrons. The van der Waals surface area contributed by atoms with Crippen LogP contribution in [-0.4, -0.2) is 12.9 Å². The van der Waals surface area contributed by atoms with Crippen LogP contribution in [0.25, 0.3) is 6.08 Å². The van der Waals surface area contributed by atoms with Crippen LogP contribution in [-0.2, 0) is 0 Å². The molecule has 0 aliphatic carbocycles. The molecule has 0 saturated carbocycles. The molecule has 0 aliphatic heterocycles. The van der Waals surface area contributed by atoms with Crippen molar-refractivity contribution in [2.75, 3.05) is 7.11 Å². The van der Waals surface area contributed by atoms with E-state index in [0.29, 0.717) is 11.3 Å². The molecule has 1 aromatic carbocycles. The maximum Gasteiger partial charge on any atom is 0.185 e. The van der Waals surface area contributed by atoms with Crippen LogP contribution in [0.5, 0.6) is 5.75 Å². The number of carbonyl (C=O) groups is 1. The number of allylic oxidation sites excluding steroid dienone is 1. The average Bonchev–Trinajstić information content (AvgIpc) is 2.89. The third-order valence-electron chi connectivity index (χ3n) is 2.32. The van der Waals surface area contributed by atoms with Crippen molar-refractivity contribution in [3.8, 4) is 5.75 Å². The van der Waals surface area contributed by atoms with Crippen LogP contribution in [0.15, 0.2) is 47.2 Å². The van der Waals surface area contributed by atoms with Crippen LogP contribution in [0.4, 0.5) is 0 Å². The minimum Gasteiger partial charge on any atom is -0.497 e. The molecule has 0 atom stereocenters. The second-order valence-electron chi connectivity index (χ2n) is 3.49. The first-order valence-corrected chi connectivity index (χ1v) is 6.12. The summed E-state index contributed by atoms with van der Waals surface area (Å²) in [4.78, 5) is 11.9. The molecule has 17 heavy (non-hydrogen) atoms. The van der Waals surface area contributed by atoms with Crippen molar-refractivity contribution in [3.63, 3.8) is 0 Å². The normalized spacial score (nSPS) is 10.6. The zero-order valence-corrected chi connectivity index (χ0v) is 10.2. The van der Waals surface area contributed by atoms with E-state index in [4.69, 9.17) is 4.74 Å². The predicted octanol–water partition coefficient (Wildman–Crippen LogP) is 3.65. The number of ketones is 1. The Bertz CT molecular complexity index is 527. The summed E-state index contributed by atoms with van der Waals surface area (Å²) in [6, 6.07) is 9.12. The first kappa shape index (κ1) is 11.6. The number of rotatable bonds is 4. The van der Waals surface area contributed by atoms with E-state index in [0.717, 1.165) is 5.56 Å². The Labute approximate surface area is 104 Å². The Morgan fingerprint density at radius 1 is 1.35 bits per heavy atom. The molecule has 0 unspecified atom stereocenters. The highest BCUT2D eigenvalue weighted by molar-refractivity contribution is 7.08. The highest BCUT2D eigenvalue weighted by Gasteiger charge is 2.02. The molecular formula is C14H12O2S. The van der Waals surface area contributed by atoms with Gasteiger partial charge in [-0.05, 0) is 40.6 Å². The maximum atomic E-state index is 11.9. The van der Waals surface area contributed by atoms with E-state index in [1.807, 2.05) is 35.0 Å². The second-order valence-corrected chi connectivity index (χ2v) is 4.27. The van der Waals surface area contributed by atoms with Gasteiger partial charge in [-0.1, -0.05) is 18.2 Å². The Morgan fingerprint density at radius 3 is 2.94 bits per heavy atom. The van der Waals surface area contributed by atoms with Crippen LogP contribution in [0.1, 0.15) is 15.9 Å². The summed E-state index contributed by atoms with van der Waals surface area (Å²) in [6.45, 7) is 0. The molecule has 0 spiro atoms. The van der Waals surface area contributed by atoms with Gasteiger partial charge in [-0.2, -0.15) is 11.3 Å². The van der Waals surface area contributed by atoms with Gasteiger partial charge in [0.2, 0.25) is 0 Å². The summed E-state index contributed by atoms with van der Waals surface area (Å²) in [6.07, 6.45) is 3.40. The molecule has 2 aromatic rings. The van der Waals surface area contributed by atoms with Gasteiger partial charge < -0.3 is 4.74 Å². The molecule has 2 rings (SSSR count). The minimum atomic E-state index is -0.0184. The van der Waals surface area contributed by atoms with Crippen LogP contribution >= 0.6 is 11.3 Å². The maximum absolute atomic E-state index is 11.9. The number of benzene rings is 1. The fourth-order valence-corrected chi connectivity index (χ4v) is 2.04. The third kappa shape index (κ3) is 3.04. The Balaban J connectivity index is 2.14. The van der Waals surface area contributed by atoms with Crippen molar-refractivity contribution in [1.29, 1.82) is 0 Å². The summed E-state index contributed by atoms with van der Waals surface area (Å²) in [5.41, 5.74) is 1.68. The van der Waals surface area contributed by atoms with E-state index < -0.39 is 0 Å². The SMILES string of the molecule is COc1cccc(C(=O)/C=C/c2ccsc2)c1. The average molecular weight is 244 g/mol. The summed E-state index contributed by atoms with van der Waals surface area (Å²) in [5, 5.41) is 3.98. The van der Waals surface area contributed by atoms with E-state index in [2.05, 4.69) is 0 Å². The molecule has 0 bridgehead atoms. The van der Waals surface area contributed by atoms with Crippen molar-refractivity contribution in [3.05, 3.63) is 58.3 Å². The van der Waals surface area contributed by atoms with Gasteiger partial charge in [-0.25, -0.2) is 0 Å². The molecule has 3 heteroatoms. The number of hydrogen-bond acceptors (Lipinski definition) is 3. The lowest BCUT2D eigenvalue weighted by atomic mass is 10.1. The predicted molar refractivity (Wildman–Crippen MR) is 70.7 cm³/mol. The fourth-order valence-electron chi connectivity index (χ4n) is 1.41. The molecule has 0 saturated heterocycles. The van der Waals surface area contributed by atoms with Gasteiger partial charge in [-0.15, -0.1) is 0 Å². The molecule has 0 radical (unpaired) electrons. The van der Waals surface area contributed by atoms with Crippen LogP contribution in [0.2, 0.25) is 0 Å². The van der Waals surface area contributed by atoms with Gasteiger partial charge in [0.1, 0.15) is 5.75 Å². The van der Waals surface area contributed by atoms with Gasteiger partial charge in [0.05, 0.1) is 7.11 Å². The molecule has 0 fully saturated rings. The van der Waals surface area contributed by atoms with E-state index in [1.54, 1.807) is 36.7 Å². The second kappa shape index (κ2) is 5.46. The van der Waals surface area contributed by atoms with Crippen molar-refractivity contribution < 1.29 is 9.53 Å². The molecule has 2 nitrogen and oxygen atoms in total. The first-order chi connectivity index (χ1) is 8.29. The largest absolute Gasteiger partial charge is 0.497 e. The van der Waals surface area contributed by atoms with Gasteiger partial charge in [0.15, 0.2) is 5.78 Å². The van der Waals surface area contributed by atoms with Crippen molar-refractivity contribution in [1.82, 2.24) is 0 Å². The van der Waals surface area contributed by atoms with Crippen LogP contribution < -0.4 is 4.74 Å². The van der Waals surface area contributed by atoms with Gasteiger partial charge >= 0.3 is 0 Å². The molecule has 0 aliphatic rings. The van der Waals surface area contributed by atoms with Crippen molar-refractivity contribution in [2.24, 2.45) is 0 Å².